The summed E-state index contributed by atoms with van der Waals surface area (Å²) in [7, 11) is 0. The molecular weight excluding hydrogens is 489 g/mol. The van der Waals surface area contributed by atoms with Crippen molar-refractivity contribution in [3.05, 3.63) is 35.4 Å². The highest BCUT2D eigenvalue weighted by atomic mass is 127. The standard InChI is InChI=1S/C29H53N.HI/c1-4-5-6-7-8-9-10-11-12-13-14-15-16-17-18-19-20-21-24-27-25-22-23-26-28(27)29(2,3)30;/h22-23,25-26H,4-21,24,30H2,1-3H3;1H. The second-order valence-electron chi connectivity index (χ2n) is 10.1. The van der Waals surface area contributed by atoms with Crippen LogP contribution in [0.1, 0.15) is 147 Å². The topological polar surface area (TPSA) is 26.0 Å². The van der Waals surface area contributed by atoms with E-state index in [0.29, 0.717) is 0 Å². The van der Waals surface area contributed by atoms with Crippen molar-refractivity contribution >= 4 is 24.0 Å². The lowest BCUT2D eigenvalue weighted by Gasteiger charge is -2.23. The van der Waals surface area contributed by atoms with Crippen LogP contribution in [-0.2, 0) is 12.0 Å². The molecule has 0 saturated carbocycles. The Labute approximate surface area is 212 Å². The Morgan fingerprint density at radius 1 is 0.581 bits per heavy atom. The van der Waals surface area contributed by atoms with E-state index < -0.39 is 0 Å². The van der Waals surface area contributed by atoms with Gasteiger partial charge in [0, 0.05) is 5.54 Å². The van der Waals surface area contributed by atoms with E-state index in [2.05, 4.69) is 45.0 Å². The molecule has 0 aliphatic heterocycles. The highest BCUT2D eigenvalue weighted by molar-refractivity contribution is 14.0. The van der Waals surface area contributed by atoms with E-state index >= 15 is 0 Å². The van der Waals surface area contributed by atoms with Gasteiger partial charge < -0.3 is 5.73 Å². The molecule has 0 unspecified atom stereocenters. The Balaban J connectivity index is 0.00000900. The van der Waals surface area contributed by atoms with Crippen LogP contribution in [0.3, 0.4) is 0 Å². The van der Waals surface area contributed by atoms with E-state index in [-0.39, 0.29) is 29.5 Å². The molecule has 0 fully saturated rings. The van der Waals surface area contributed by atoms with Crippen LogP contribution < -0.4 is 5.73 Å². The number of aryl methyl sites for hydroxylation is 1. The minimum absolute atomic E-state index is 0. The molecule has 31 heavy (non-hydrogen) atoms. The molecule has 0 heterocycles. The fraction of sp³-hybridized carbons (Fsp3) is 0.793. The molecule has 0 aromatic heterocycles. The van der Waals surface area contributed by atoms with Gasteiger partial charge in [0.2, 0.25) is 0 Å². The molecule has 0 aliphatic carbocycles. The van der Waals surface area contributed by atoms with Crippen LogP contribution in [-0.4, -0.2) is 0 Å². The van der Waals surface area contributed by atoms with E-state index in [1.165, 1.54) is 133 Å². The molecule has 2 N–H and O–H groups in total. The monoisotopic (exact) mass is 543 g/mol. The van der Waals surface area contributed by atoms with Gasteiger partial charge in [-0.15, -0.1) is 24.0 Å². The molecule has 182 valence electrons. The van der Waals surface area contributed by atoms with Crippen LogP contribution in [0.4, 0.5) is 0 Å². The summed E-state index contributed by atoms with van der Waals surface area (Å²) in [5.41, 5.74) is 8.86. The van der Waals surface area contributed by atoms with Crippen molar-refractivity contribution in [1.82, 2.24) is 0 Å². The molecule has 1 nitrogen and oxygen atoms in total. The summed E-state index contributed by atoms with van der Waals surface area (Å²) in [6, 6.07) is 8.73. The Bertz CT molecular complexity index is 506. The minimum Gasteiger partial charge on any atom is -0.322 e. The van der Waals surface area contributed by atoms with E-state index in [9.17, 15) is 0 Å². The zero-order chi connectivity index (χ0) is 21.9. The van der Waals surface area contributed by atoms with Gasteiger partial charge in [-0.05, 0) is 37.8 Å². The number of halogens is 1. The highest BCUT2D eigenvalue weighted by Gasteiger charge is 2.17. The van der Waals surface area contributed by atoms with Crippen LogP contribution in [0.2, 0.25) is 0 Å². The summed E-state index contributed by atoms with van der Waals surface area (Å²) in [6.45, 7) is 6.52. The number of unbranched alkanes of at least 4 members (excludes halogenated alkanes) is 17. The second-order valence-corrected chi connectivity index (χ2v) is 10.1. The molecule has 1 aromatic carbocycles. The molecule has 1 rings (SSSR count). The zero-order valence-corrected chi connectivity index (χ0v) is 23.6. The van der Waals surface area contributed by atoms with Gasteiger partial charge >= 0.3 is 0 Å². The van der Waals surface area contributed by atoms with Crippen molar-refractivity contribution in [2.24, 2.45) is 5.73 Å². The third-order valence-electron chi connectivity index (χ3n) is 6.51. The summed E-state index contributed by atoms with van der Waals surface area (Å²) < 4.78 is 0. The average molecular weight is 544 g/mol. The van der Waals surface area contributed by atoms with Crippen molar-refractivity contribution < 1.29 is 0 Å². The van der Waals surface area contributed by atoms with E-state index in [4.69, 9.17) is 5.73 Å². The fourth-order valence-electron chi connectivity index (χ4n) is 4.58. The summed E-state index contributed by atoms with van der Waals surface area (Å²) >= 11 is 0. The third-order valence-corrected chi connectivity index (χ3v) is 6.51. The minimum atomic E-state index is -0.231. The lowest BCUT2D eigenvalue weighted by atomic mass is 9.89. The maximum absolute atomic E-state index is 6.33. The number of rotatable bonds is 20. The Hall–Kier alpha value is -0.0900. The molecule has 0 saturated heterocycles. The van der Waals surface area contributed by atoms with Crippen molar-refractivity contribution in [2.75, 3.05) is 0 Å². The van der Waals surface area contributed by atoms with Crippen molar-refractivity contribution in [3.8, 4) is 0 Å². The van der Waals surface area contributed by atoms with Crippen LogP contribution in [0.5, 0.6) is 0 Å². The first-order valence-electron chi connectivity index (χ1n) is 13.4. The Morgan fingerprint density at radius 2 is 0.935 bits per heavy atom. The van der Waals surface area contributed by atoms with Gasteiger partial charge in [-0.2, -0.15) is 0 Å². The molecule has 2 heteroatoms. The number of benzene rings is 1. The SMILES string of the molecule is CCCCCCCCCCCCCCCCCCCCc1ccccc1C(C)(C)N.I. The number of hydrogen-bond acceptors (Lipinski definition) is 1. The average Bonchev–Trinajstić information content (AvgIpc) is 2.72. The smallest absolute Gasteiger partial charge is 0.0355 e. The highest BCUT2D eigenvalue weighted by Crippen LogP contribution is 2.23. The largest absolute Gasteiger partial charge is 0.322 e. The normalized spacial score (nSPS) is 11.5. The van der Waals surface area contributed by atoms with Crippen molar-refractivity contribution in [1.29, 1.82) is 0 Å². The lowest BCUT2D eigenvalue weighted by molar-refractivity contribution is 0.523. The predicted molar refractivity (Wildman–Crippen MR) is 152 cm³/mol. The lowest BCUT2D eigenvalue weighted by Crippen LogP contribution is -2.30. The summed E-state index contributed by atoms with van der Waals surface area (Å²) in [5.74, 6) is 0. The summed E-state index contributed by atoms with van der Waals surface area (Å²) in [4.78, 5) is 0. The van der Waals surface area contributed by atoms with Crippen LogP contribution in [0, 0.1) is 0 Å². The third kappa shape index (κ3) is 17.1. The molecule has 0 bridgehead atoms. The van der Waals surface area contributed by atoms with Gasteiger partial charge in [0.1, 0.15) is 0 Å². The van der Waals surface area contributed by atoms with Gasteiger partial charge in [-0.3, -0.25) is 0 Å². The Kier molecular flexibility index (Phi) is 20.5. The second kappa shape index (κ2) is 20.5. The molecule has 0 spiro atoms. The van der Waals surface area contributed by atoms with Gasteiger partial charge in [-0.25, -0.2) is 0 Å². The van der Waals surface area contributed by atoms with Crippen LogP contribution in [0.25, 0.3) is 0 Å². The maximum atomic E-state index is 6.33. The van der Waals surface area contributed by atoms with Crippen LogP contribution >= 0.6 is 24.0 Å². The Morgan fingerprint density at radius 3 is 1.32 bits per heavy atom. The van der Waals surface area contributed by atoms with Gasteiger partial charge in [0.15, 0.2) is 0 Å². The molecule has 0 atom stereocenters. The molecule has 0 amide bonds. The van der Waals surface area contributed by atoms with E-state index in [0.717, 1.165) is 0 Å². The van der Waals surface area contributed by atoms with Crippen molar-refractivity contribution in [3.63, 3.8) is 0 Å². The van der Waals surface area contributed by atoms with Gasteiger partial charge in [0.05, 0.1) is 0 Å². The van der Waals surface area contributed by atoms with Crippen molar-refractivity contribution in [2.45, 2.75) is 148 Å². The quantitative estimate of drug-likeness (QED) is 0.129. The molecular formula is C29H54IN. The predicted octanol–water partition coefficient (Wildman–Crippen LogP) is 10.1. The molecule has 0 aliphatic rings. The van der Waals surface area contributed by atoms with Crippen LogP contribution in [0.15, 0.2) is 24.3 Å². The fourth-order valence-corrected chi connectivity index (χ4v) is 4.58. The summed E-state index contributed by atoms with van der Waals surface area (Å²) in [6.07, 6.45) is 27.0. The molecule has 0 radical (unpaired) electrons. The van der Waals surface area contributed by atoms with E-state index in [1.807, 2.05) is 0 Å². The first-order chi connectivity index (χ1) is 14.6. The first-order valence-corrected chi connectivity index (χ1v) is 13.4. The molecule has 1 aromatic rings. The van der Waals surface area contributed by atoms with Gasteiger partial charge in [0.25, 0.3) is 0 Å². The number of nitrogens with two attached hydrogens (primary N) is 1. The number of hydrogen-bond donors (Lipinski definition) is 1. The summed E-state index contributed by atoms with van der Waals surface area (Å²) in [5, 5.41) is 0. The first kappa shape index (κ1) is 30.9. The maximum Gasteiger partial charge on any atom is 0.0355 e. The van der Waals surface area contributed by atoms with Gasteiger partial charge in [-0.1, -0.05) is 140 Å². The van der Waals surface area contributed by atoms with E-state index in [1.54, 1.807) is 0 Å². The zero-order valence-electron chi connectivity index (χ0n) is 21.2.